The third-order valence-electron chi connectivity index (χ3n) is 4.24. The molecule has 0 N–H and O–H groups in total. The van der Waals surface area contributed by atoms with E-state index in [2.05, 4.69) is 4.98 Å². The van der Waals surface area contributed by atoms with Crippen molar-refractivity contribution in [3.8, 4) is 5.75 Å². The number of benzene rings is 2. The first-order valence-corrected chi connectivity index (χ1v) is 10.6. The van der Waals surface area contributed by atoms with E-state index in [0.29, 0.717) is 23.3 Å². The molecule has 1 aromatic heterocycles. The normalized spacial score (nSPS) is 11.5. The number of carbonyl (C=O) groups is 1. The molecule has 0 aliphatic heterocycles. The van der Waals surface area contributed by atoms with E-state index in [0.717, 1.165) is 28.1 Å². The van der Waals surface area contributed by atoms with Gasteiger partial charge in [0.1, 0.15) is 5.75 Å². The highest BCUT2D eigenvalue weighted by Crippen LogP contribution is 2.32. The highest BCUT2D eigenvalue weighted by molar-refractivity contribution is 7.22. The fourth-order valence-electron chi connectivity index (χ4n) is 2.73. The maximum Gasteiger partial charge on any atom is 0.252 e. The third-order valence-corrected chi connectivity index (χ3v) is 5.62. The monoisotopic (exact) mass is 429 g/mol. The van der Waals surface area contributed by atoms with Crippen LogP contribution in [-0.4, -0.2) is 49.6 Å². The number of aromatic nitrogens is 1. The highest BCUT2D eigenvalue weighted by atomic mass is 35.5. The summed E-state index contributed by atoms with van der Waals surface area (Å²) in [5.74, 6) is 0.677. The summed E-state index contributed by atoms with van der Waals surface area (Å²) in [5.41, 5.74) is 1.66. The Kier molecular flexibility index (Phi) is 7.25. The Bertz CT molecular complexity index is 1020. The molecular weight excluding hydrogens is 406 g/mol. The molecule has 0 radical (unpaired) electrons. The van der Waals surface area contributed by atoms with E-state index in [4.69, 9.17) is 16.3 Å². The first kappa shape index (κ1) is 21.3. The molecule has 0 atom stereocenters. The van der Waals surface area contributed by atoms with Gasteiger partial charge in [0.25, 0.3) is 5.91 Å². The molecule has 3 rings (SSSR count). The first-order chi connectivity index (χ1) is 14.0. The largest absolute Gasteiger partial charge is 0.494 e. The van der Waals surface area contributed by atoms with Gasteiger partial charge in [0.15, 0.2) is 5.13 Å². The smallest absolute Gasteiger partial charge is 0.252 e. The lowest BCUT2D eigenvalue weighted by molar-refractivity contribution is -0.114. The second kappa shape index (κ2) is 9.87. The number of ether oxygens (including phenoxy) is 1. The molecule has 0 aliphatic carbocycles. The van der Waals surface area contributed by atoms with E-state index in [1.165, 1.54) is 11.3 Å². The van der Waals surface area contributed by atoms with Crippen LogP contribution in [0, 0.1) is 0 Å². The molecule has 152 valence electrons. The number of nitrogens with zero attached hydrogens (tertiary/aromatic N) is 3. The van der Waals surface area contributed by atoms with E-state index in [9.17, 15) is 4.79 Å². The number of anilines is 1. The van der Waals surface area contributed by atoms with Gasteiger partial charge in [-0.1, -0.05) is 41.1 Å². The minimum absolute atomic E-state index is 0.129. The van der Waals surface area contributed by atoms with Gasteiger partial charge in [-0.25, -0.2) is 4.98 Å². The van der Waals surface area contributed by atoms with Crippen LogP contribution < -0.4 is 9.64 Å². The summed E-state index contributed by atoms with van der Waals surface area (Å²) in [4.78, 5) is 21.4. The van der Waals surface area contributed by atoms with Crippen LogP contribution in [0.3, 0.4) is 0 Å². The highest BCUT2D eigenvalue weighted by Gasteiger charge is 2.18. The number of hydrogen-bond donors (Lipinski definition) is 0. The molecule has 0 bridgehead atoms. The minimum atomic E-state index is -0.129. The van der Waals surface area contributed by atoms with Gasteiger partial charge in [0, 0.05) is 24.2 Å². The molecule has 0 saturated heterocycles. The number of likely N-dealkylation sites (N-methyl/N-ethyl adjacent to an activating group) is 1. The number of halogens is 1. The van der Waals surface area contributed by atoms with Gasteiger partial charge < -0.3 is 9.64 Å². The summed E-state index contributed by atoms with van der Waals surface area (Å²) in [6.07, 6.45) is 3.29. The average Bonchev–Trinajstić information content (AvgIpc) is 3.10. The molecule has 0 spiro atoms. The van der Waals surface area contributed by atoms with Crippen LogP contribution in [0.5, 0.6) is 5.75 Å². The van der Waals surface area contributed by atoms with Gasteiger partial charge in [-0.2, -0.15) is 0 Å². The maximum absolute atomic E-state index is 13.0. The Hall–Kier alpha value is -2.41. The zero-order valence-electron chi connectivity index (χ0n) is 16.8. The molecule has 5 nitrogen and oxygen atoms in total. The molecule has 1 heterocycles. The SMILES string of the molecule is CCOc1ccc2nc(N(CCN(C)C)C(=O)C=Cc3ccccc3Cl)sc2c1. The van der Waals surface area contributed by atoms with Gasteiger partial charge in [0.05, 0.1) is 16.8 Å². The van der Waals surface area contributed by atoms with E-state index >= 15 is 0 Å². The predicted molar refractivity (Wildman–Crippen MR) is 122 cm³/mol. The van der Waals surface area contributed by atoms with Crippen molar-refractivity contribution in [2.24, 2.45) is 0 Å². The zero-order chi connectivity index (χ0) is 20.8. The van der Waals surface area contributed by atoms with E-state index in [1.54, 1.807) is 23.1 Å². The summed E-state index contributed by atoms with van der Waals surface area (Å²) in [6, 6.07) is 13.2. The second-order valence-corrected chi connectivity index (χ2v) is 8.12. The van der Waals surface area contributed by atoms with Crippen LogP contribution in [0.25, 0.3) is 16.3 Å². The van der Waals surface area contributed by atoms with E-state index in [-0.39, 0.29) is 5.91 Å². The Morgan fingerprint density at radius 3 is 2.72 bits per heavy atom. The van der Waals surface area contributed by atoms with Crippen molar-refractivity contribution < 1.29 is 9.53 Å². The van der Waals surface area contributed by atoms with Crippen LogP contribution >= 0.6 is 22.9 Å². The van der Waals surface area contributed by atoms with Crippen LogP contribution in [0.15, 0.2) is 48.5 Å². The summed E-state index contributed by atoms with van der Waals surface area (Å²) < 4.78 is 6.57. The lowest BCUT2D eigenvalue weighted by Crippen LogP contribution is -2.35. The molecule has 1 amide bonds. The molecule has 3 aromatic rings. The molecule has 7 heteroatoms. The average molecular weight is 430 g/mol. The summed E-state index contributed by atoms with van der Waals surface area (Å²) in [7, 11) is 3.96. The van der Waals surface area contributed by atoms with Gasteiger partial charge in [-0.05, 0) is 56.9 Å². The molecule has 0 aliphatic rings. The molecule has 0 fully saturated rings. The Balaban J connectivity index is 1.89. The van der Waals surface area contributed by atoms with Crippen molar-refractivity contribution in [1.29, 1.82) is 0 Å². The predicted octanol–water partition coefficient (Wildman–Crippen LogP) is 4.96. The lowest BCUT2D eigenvalue weighted by atomic mass is 10.2. The van der Waals surface area contributed by atoms with E-state index < -0.39 is 0 Å². The number of carbonyl (C=O) groups excluding carboxylic acids is 1. The van der Waals surface area contributed by atoms with Crippen LogP contribution in [0.2, 0.25) is 5.02 Å². The van der Waals surface area contributed by atoms with Gasteiger partial charge in [-0.15, -0.1) is 0 Å². The Morgan fingerprint density at radius 1 is 1.21 bits per heavy atom. The topological polar surface area (TPSA) is 45.7 Å². The second-order valence-electron chi connectivity index (χ2n) is 6.71. The minimum Gasteiger partial charge on any atom is -0.494 e. The molecule has 29 heavy (non-hydrogen) atoms. The number of thiazole rings is 1. The standard InChI is InChI=1S/C22H24ClN3O2S/c1-4-28-17-10-11-19-20(15-17)29-22(24-19)26(14-13-25(2)3)21(27)12-9-16-7-5-6-8-18(16)23/h5-12,15H,4,13-14H2,1-3H3. The summed E-state index contributed by atoms with van der Waals surface area (Å²) >= 11 is 7.68. The van der Waals surface area contributed by atoms with Crippen LogP contribution in [-0.2, 0) is 4.79 Å². The summed E-state index contributed by atoms with van der Waals surface area (Å²) in [6.45, 7) is 3.83. The van der Waals surface area contributed by atoms with Crippen molar-refractivity contribution >= 4 is 50.3 Å². The quantitative estimate of drug-likeness (QED) is 0.475. The number of rotatable bonds is 8. The molecule has 2 aromatic carbocycles. The van der Waals surface area contributed by atoms with Gasteiger partial charge >= 0.3 is 0 Å². The van der Waals surface area contributed by atoms with Crippen molar-refractivity contribution in [3.05, 3.63) is 59.1 Å². The number of hydrogen-bond acceptors (Lipinski definition) is 5. The van der Waals surface area contributed by atoms with Crippen LogP contribution in [0.4, 0.5) is 5.13 Å². The lowest BCUT2D eigenvalue weighted by Gasteiger charge is -2.20. The fourth-order valence-corrected chi connectivity index (χ4v) is 3.95. The fraction of sp³-hybridized carbons (Fsp3) is 0.273. The first-order valence-electron chi connectivity index (χ1n) is 9.40. The van der Waals surface area contributed by atoms with E-state index in [1.807, 2.05) is 62.3 Å². The number of fused-ring (bicyclic) bond motifs is 1. The van der Waals surface area contributed by atoms with Crippen molar-refractivity contribution in [3.63, 3.8) is 0 Å². The Labute approximate surface area is 180 Å². The third kappa shape index (κ3) is 5.56. The Morgan fingerprint density at radius 2 is 2.00 bits per heavy atom. The van der Waals surface area contributed by atoms with Crippen molar-refractivity contribution in [1.82, 2.24) is 9.88 Å². The van der Waals surface area contributed by atoms with Gasteiger partial charge in [0.2, 0.25) is 0 Å². The molecular formula is C22H24ClN3O2S. The molecule has 0 saturated carbocycles. The summed E-state index contributed by atoms with van der Waals surface area (Å²) in [5, 5.41) is 1.28. The van der Waals surface area contributed by atoms with Crippen LogP contribution in [0.1, 0.15) is 12.5 Å². The van der Waals surface area contributed by atoms with Gasteiger partial charge in [-0.3, -0.25) is 9.69 Å². The van der Waals surface area contributed by atoms with Crippen molar-refractivity contribution in [2.45, 2.75) is 6.92 Å². The van der Waals surface area contributed by atoms with Crippen molar-refractivity contribution in [2.75, 3.05) is 38.7 Å². The molecule has 0 unspecified atom stereocenters. The number of amides is 1. The maximum atomic E-state index is 13.0. The zero-order valence-corrected chi connectivity index (χ0v) is 18.3.